The SMILES string of the molecule is O=C(COc1ccc(F)cc1)NCc1nnc(-c2ccccc2)o1. The van der Waals surface area contributed by atoms with Crippen LogP contribution in [0.1, 0.15) is 5.89 Å². The minimum Gasteiger partial charge on any atom is -0.484 e. The average Bonchev–Trinajstić information content (AvgIpc) is 3.09. The summed E-state index contributed by atoms with van der Waals surface area (Å²) in [7, 11) is 0. The Morgan fingerprint density at radius 1 is 1.08 bits per heavy atom. The lowest BCUT2D eigenvalue weighted by Gasteiger charge is -2.05. The Kier molecular flexibility index (Phi) is 4.81. The maximum absolute atomic E-state index is 12.8. The van der Waals surface area contributed by atoms with E-state index in [1.54, 1.807) is 0 Å². The van der Waals surface area contributed by atoms with E-state index in [9.17, 15) is 9.18 Å². The third kappa shape index (κ3) is 4.16. The molecule has 3 rings (SSSR count). The van der Waals surface area contributed by atoms with Gasteiger partial charge < -0.3 is 14.5 Å². The topological polar surface area (TPSA) is 77.2 Å². The first-order chi connectivity index (χ1) is 11.7. The Balaban J connectivity index is 1.48. The molecule has 0 radical (unpaired) electrons. The molecule has 0 fully saturated rings. The smallest absolute Gasteiger partial charge is 0.258 e. The number of carbonyl (C=O) groups excluding carboxylic acids is 1. The Bertz CT molecular complexity index is 803. The van der Waals surface area contributed by atoms with Crippen LogP contribution in [0.2, 0.25) is 0 Å². The van der Waals surface area contributed by atoms with Gasteiger partial charge >= 0.3 is 0 Å². The van der Waals surface area contributed by atoms with Gasteiger partial charge in [0.15, 0.2) is 6.61 Å². The molecule has 122 valence electrons. The number of rotatable bonds is 6. The zero-order chi connectivity index (χ0) is 16.8. The largest absolute Gasteiger partial charge is 0.484 e. The Hall–Kier alpha value is -3.22. The number of aromatic nitrogens is 2. The van der Waals surface area contributed by atoms with Gasteiger partial charge in [-0.2, -0.15) is 0 Å². The van der Waals surface area contributed by atoms with Crippen molar-refractivity contribution in [3.8, 4) is 17.2 Å². The van der Waals surface area contributed by atoms with Gasteiger partial charge in [0, 0.05) is 5.56 Å². The molecule has 0 saturated carbocycles. The van der Waals surface area contributed by atoms with Crippen LogP contribution in [-0.2, 0) is 11.3 Å². The molecule has 24 heavy (non-hydrogen) atoms. The number of ether oxygens (including phenoxy) is 1. The molecule has 0 bridgehead atoms. The van der Waals surface area contributed by atoms with Crippen molar-refractivity contribution < 1.29 is 18.3 Å². The highest BCUT2D eigenvalue weighted by Crippen LogP contribution is 2.16. The van der Waals surface area contributed by atoms with Gasteiger partial charge in [-0.3, -0.25) is 4.79 Å². The van der Waals surface area contributed by atoms with Gasteiger partial charge in [0.1, 0.15) is 11.6 Å². The maximum atomic E-state index is 12.8. The van der Waals surface area contributed by atoms with Crippen LogP contribution in [0.3, 0.4) is 0 Å². The number of halogens is 1. The molecule has 6 nitrogen and oxygen atoms in total. The average molecular weight is 327 g/mol. The number of benzene rings is 2. The van der Waals surface area contributed by atoms with Crippen LogP contribution < -0.4 is 10.1 Å². The summed E-state index contributed by atoms with van der Waals surface area (Å²) in [4.78, 5) is 11.7. The van der Waals surface area contributed by atoms with Gasteiger partial charge in [0.05, 0.1) is 6.54 Å². The Morgan fingerprint density at radius 2 is 1.83 bits per heavy atom. The fraction of sp³-hybridized carbons (Fsp3) is 0.118. The highest BCUT2D eigenvalue weighted by molar-refractivity contribution is 5.77. The molecule has 7 heteroatoms. The highest BCUT2D eigenvalue weighted by atomic mass is 19.1. The van der Waals surface area contributed by atoms with Crippen LogP contribution in [0.25, 0.3) is 11.5 Å². The molecule has 0 aliphatic heterocycles. The fourth-order valence-corrected chi connectivity index (χ4v) is 1.93. The number of amides is 1. The number of nitrogens with zero attached hydrogens (tertiary/aromatic N) is 2. The molecular formula is C17H14FN3O3. The number of carbonyl (C=O) groups is 1. The Labute approximate surface area is 137 Å². The lowest BCUT2D eigenvalue weighted by molar-refractivity contribution is -0.123. The third-order valence-corrected chi connectivity index (χ3v) is 3.11. The summed E-state index contributed by atoms with van der Waals surface area (Å²) in [6.07, 6.45) is 0. The normalized spacial score (nSPS) is 10.4. The van der Waals surface area contributed by atoms with Crippen molar-refractivity contribution in [3.05, 3.63) is 66.3 Å². The minimum absolute atomic E-state index is 0.103. The summed E-state index contributed by atoms with van der Waals surface area (Å²) in [5.74, 6) is 0.387. The van der Waals surface area contributed by atoms with Crippen molar-refractivity contribution >= 4 is 5.91 Å². The molecule has 1 heterocycles. The van der Waals surface area contributed by atoms with Crippen molar-refractivity contribution in [2.75, 3.05) is 6.61 Å². The molecule has 0 atom stereocenters. The summed E-state index contributed by atoms with van der Waals surface area (Å²) in [5, 5.41) is 10.4. The second-order valence-corrected chi connectivity index (χ2v) is 4.89. The van der Waals surface area contributed by atoms with Gasteiger partial charge in [0.2, 0.25) is 11.8 Å². The number of hydrogen-bond acceptors (Lipinski definition) is 5. The molecule has 1 amide bonds. The van der Waals surface area contributed by atoms with Crippen LogP contribution >= 0.6 is 0 Å². The van der Waals surface area contributed by atoms with Crippen molar-refractivity contribution in [1.29, 1.82) is 0 Å². The summed E-state index contributed by atoms with van der Waals surface area (Å²) in [6.45, 7) is -0.0866. The molecular weight excluding hydrogens is 313 g/mol. The van der Waals surface area contributed by atoms with Gasteiger partial charge in [0.25, 0.3) is 5.91 Å². The second-order valence-electron chi connectivity index (χ2n) is 4.89. The van der Waals surface area contributed by atoms with Crippen LogP contribution in [-0.4, -0.2) is 22.7 Å². The van der Waals surface area contributed by atoms with Crippen LogP contribution in [0, 0.1) is 5.82 Å². The quantitative estimate of drug-likeness (QED) is 0.753. The molecule has 0 unspecified atom stereocenters. The van der Waals surface area contributed by atoms with E-state index in [1.807, 2.05) is 30.3 Å². The summed E-state index contributed by atoms with van der Waals surface area (Å²) in [6, 6.07) is 14.8. The molecule has 1 aromatic heterocycles. The lowest BCUT2D eigenvalue weighted by Crippen LogP contribution is -2.28. The number of nitrogens with one attached hydrogen (secondary N) is 1. The van der Waals surface area contributed by atoms with E-state index in [0.29, 0.717) is 17.5 Å². The third-order valence-electron chi connectivity index (χ3n) is 3.11. The van der Waals surface area contributed by atoms with Crippen molar-refractivity contribution in [1.82, 2.24) is 15.5 Å². The fourth-order valence-electron chi connectivity index (χ4n) is 1.93. The molecule has 0 aliphatic rings. The molecule has 0 aliphatic carbocycles. The molecule has 0 spiro atoms. The Morgan fingerprint density at radius 3 is 2.58 bits per heavy atom. The lowest BCUT2D eigenvalue weighted by atomic mass is 10.2. The van der Waals surface area contributed by atoms with Crippen LogP contribution in [0.5, 0.6) is 5.75 Å². The molecule has 2 aromatic carbocycles. The monoisotopic (exact) mass is 327 g/mol. The summed E-state index contributed by atoms with van der Waals surface area (Å²) >= 11 is 0. The van der Waals surface area contributed by atoms with Crippen LogP contribution in [0.15, 0.2) is 59.0 Å². The first kappa shape index (κ1) is 15.7. The summed E-state index contributed by atoms with van der Waals surface area (Å²) in [5.41, 5.74) is 0.808. The van der Waals surface area contributed by atoms with E-state index >= 15 is 0 Å². The summed E-state index contributed by atoms with van der Waals surface area (Å²) < 4.78 is 23.5. The minimum atomic E-state index is -0.364. The molecule has 3 aromatic rings. The highest BCUT2D eigenvalue weighted by Gasteiger charge is 2.10. The zero-order valence-electron chi connectivity index (χ0n) is 12.6. The van der Waals surface area contributed by atoms with Crippen molar-refractivity contribution in [2.45, 2.75) is 6.54 Å². The van der Waals surface area contributed by atoms with E-state index in [0.717, 1.165) is 5.56 Å². The number of hydrogen-bond donors (Lipinski definition) is 1. The van der Waals surface area contributed by atoms with Crippen molar-refractivity contribution in [2.24, 2.45) is 0 Å². The van der Waals surface area contributed by atoms with Gasteiger partial charge in [-0.1, -0.05) is 18.2 Å². The van der Waals surface area contributed by atoms with Gasteiger partial charge in [-0.05, 0) is 36.4 Å². The van der Waals surface area contributed by atoms with Gasteiger partial charge in [-0.25, -0.2) is 4.39 Å². The van der Waals surface area contributed by atoms with Crippen LogP contribution in [0.4, 0.5) is 4.39 Å². The van der Waals surface area contributed by atoms with E-state index in [1.165, 1.54) is 24.3 Å². The van der Waals surface area contributed by atoms with Gasteiger partial charge in [-0.15, -0.1) is 10.2 Å². The molecule has 1 N–H and O–H groups in total. The first-order valence-electron chi connectivity index (χ1n) is 7.23. The molecule has 0 saturated heterocycles. The van der Waals surface area contributed by atoms with E-state index < -0.39 is 0 Å². The predicted octanol–water partition coefficient (Wildman–Crippen LogP) is 2.57. The van der Waals surface area contributed by atoms with E-state index in [4.69, 9.17) is 9.15 Å². The maximum Gasteiger partial charge on any atom is 0.258 e. The standard InChI is InChI=1S/C17H14FN3O3/c18-13-6-8-14(9-7-13)23-11-15(22)19-10-16-20-21-17(24-16)12-4-2-1-3-5-12/h1-9H,10-11H2,(H,19,22). The van der Waals surface area contributed by atoms with E-state index in [2.05, 4.69) is 15.5 Å². The predicted molar refractivity (Wildman–Crippen MR) is 83.5 cm³/mol. The second kappa shape index (κ2) is 7.36. The zero-order valence-corrected chi connectivity index (χ0v) is 12.6. The first-order valence-corrected chi connectivity index (χ1v) is 7.23. The van der Waals surface area contributed by atoms with Crippen molar-refractivity contribution in [3.63, 3.8) is 0 Å². The van der Waals surface area contributed by atoms with E-state index in [-0.39, 0.29) is 24.9 Å².